The first-order valence-corrected chi connectivity index (χ1v) is 5.57. The first-order valence-electron chi connectivity index (χ1n) is 4.81. The summed E-state index contributed by atoms with van der Waals surface area (Å²) in [5.74, 6) is -1.71. The van der Waals surface area contributed by atoms with Gasteiger partial charge in [-0.25, -0.2) is 14.5 Å². The highest BCUT2D eigenvalue weighted by atomic mass is 35.5. The molecule has 0 bridgehead atoms. The third-order valence-electron chi connectivity index (χ3n) is 2.21. The zero-order valence-corrected chi connectivity index (χ0v) is 10.5. The predicted molar refractivity (Wildman–Crippen MR) is 63.1 cm³/mol. The first kappa shape index (κ1) is 13.7. The average molecular weight is 308 g/mol. The molecule has 0 aromatic carbocycles. The maximum absolute atomic E-state index is 13.4. The predicted octanol–water partition coefficient (Wildman–Crippen LogP) is 2.91. The fourth-order valence-corrected chi connectivity index (χ4v) is 1.85. The van der Waals surface area contributed by atoms with E-state index >= 15 is 0 Å². The SMILES string of the molecule is O=C(O)c1cnn(-c2ncccc2Cl)c1C(F)(F)Cl. The van der Waals surface area contributed by atoms with E-state index in [1.54, 1.807) is 0 Å². The lowest BCUT2D eigenvalue weighted by Crippen LogP contribution is -2.17. The van der Waals surface area contributed by atoms with Gasteiger partial charge in [0.2, 0.25) is 0 Å². The summed E-state index contributed by atoms with van der Waals surface area (Å²) < 4.78 is 27.3. The standard InChI is InChI=1S/C10H5Cl2F2N3O2/c11-6-2-1-3-15-8(6)17-7(10(12,13)14)5(4-16-17)9(18)19/h1-4H,(H,18,19). The van der Waals surface area contributed by atoms with E-state index in [0.29, 0.717) is 4.68 Å². The lowest BCUT2D eigenvalue weighted by Gasteiger charge is -2.12. The molecule has 0 aliphatic rings. The quantitative estimate of drug-likeness (QED) is 0.885. The smallest absolute Gasteiger partial charge is 0.365 e. The lowest BCUT2D eigenvalue weighted by atomic mass is 10.2. The second kappa shape index (κ2) is 4.75. The van der Waals surface area contributed by atoms with E-state index in [4.69, 9.17) is 28.3 Å². The number of carbonyl (C=O) groups is 1. The Bertz CT molecular complexity index is 640. The van der Waals surface area contributed by atoms with Crippen LogP contribution in [0.4, 0.5) is 8.78 Å². The van der Waals surface area contributed by atoms with E-state index < -0.39 is 22.6 Å². The topological polar surface area (TPSA) is 68.0 Å². The van der Waals surface area contributed by atoms with Gasteiger partial charge < -0.3 is 5.11 Å². The van der Waals surface area contributed by atoms with Gasteiger partial charge in [0, 0.05) is 6.20 Å². The molecule has 0 aliphatic carbocycles. The van der Waals surface area contributed by atoms with Gasteiger partial charge in [-0.2, -0.15) is 13.9 Å². The molecular formula is C10H5Cl2F2N3O2. The van der Waals surface area contributed by atoms with Gasteiger partial charge in [0.25, 0.3) is 0 Å². The molecule has 5 nitrogen and oxygen atoms in total. The van der Waals surface area contributed by atoms with E-state index in [9.17, 15) is 13.6 Å². The number of hydrogen-bond donors (Lipinski definition) is 1. The number of hydrogen-bond acceptors (Lipinski definition) is 3. The molecule has 19 heavy (non-hydrogen) atoms. The maximum atomic E-state index is 13.4. The number of aromatic carboxylic acids is 1. The fraction of sp³-hybridized carbons (Fsp3) is 0.100. The molecule has 0 aliphatic heterocycles. The molecule has 0 radical (unpaired) electrons. The second-order valence-corrected chi connectivity index (χ2v) is 4.31. The number of carboxylic acids is 1. The van der Waals surface area contributed by atoms with E-state index in [2.05, 4.69) is 10.1 Å². The van der Waals surface area contributed by atoms with Crippen molar-refractivity contribution in [3.63, 3.8) is 0 Å². The van der Waals surface area contributed by atoms with Crippen LogP contribution in [0.3, 0.4) is 0 Å². The second-order valence-electron chi connectivity index (χ2n) is 3.43. The van der Waals surface area contributed by atoms with Crippen LogP contribution < -0.4 is 0 Å². The van der Waals surface area contributed by atoms with Gasteiger partial charge in [-0.05, 0) is 23.7 Å². The van der Waals surface area contributed by atoms with Crippen molar-refractivity contribution in [2.45, 2.75) is 5.38 Å². The van der Waals surface area contributed by atoms with Crippen molar-refractivity contribution in [1.82, 2.24) is 14.8 Å². The Balaban J connectivity index is 2.73. The van der Waals surface area contributed by atoms with Gasteiger partial charge in [0.15, 0.2) is 5.82 Å². The number of alkyl halides is 3. The molecule has 0 atom stereocenters. The molecule has 9 heteroatoms. The Morgan fingerprint density at radius 2 is 2.16 bits per heavy atom. The van der Waals surface area contributed by atoms with Gasteiger partial charge in [-0.3, -0.25) is 0 Å². The normalized spacial score (nSPS) is 11.6. The number of nitrogens with zero attached hydrogens (tertiary/aromatic N) is 3. The molecule has 2 aromatic heterocycles. The number of pyridine rings is 1. The molecular weight excluding hydrogens is 303 g/mol. The minimum absolute atomic E-state index is 0.0321. The van der Waals surface area contributed by atoms with Crippen molar-refractivity contribution in [3.8, 4) is 5.82 Å². The zero-order valence-electron chi connectivity index (χ0n) is 9.02. The summed E-state index contributed by atoms with van der Waals surface area (Å²) in [7, 11) is 0. The summed E-state index contributed by atoms with van der Waals surface area (Å²) in [5, 5.41) is 8.53. The van der Waals surface area contributed by atoms with Gasteiger partial charge in [-0.15, -0.1) is 0 Å². The van der Waals surface area contributed by atoms with Crippen LogP contribution in [0, 0.1) is 0 Å². The van der Waals surface area contributed by atoms with Crippen molar-refractivity contribution in [2.24, 2.45) is 0 Å². The van der Waals surface area contributed by atoms with Crippen LogP contribution in [0.1, 0.15) is 16.1 Å². The highest BCUT2D eigenvalue weighted by Gasteiger charge is 2.39. The largest absolute Gasteiger partial charge is 0.478 e. The molecule has 0 fully saturated rings. The highest BCUT2D eigenvalue weighted by Crippen LogP contribution is 2.36. The van der Waals surface area contributed by atoms with Gasteiger partial charge >= 0.3 is 11.4 Å². The summed E-state index contributed by atoms with van der Waals surface area (Å²) >= 11 is 10.7. The Morgan fingerprint density at radius 3 is 2.68 bits per heavy atom. The monoisotopic (exact) mass is 307 g/mol. The summed E-state index contributed by atoms with van der Waals surface area (Å²) in [6, 6.07) is 2.90. The summed E-state index contributed by atoms with van der Waals surface area (Å²) in [6.07, 6.45) is 2.07. The van der Waals surface area contributed by atoms with Crippen molar-refractivity contribution < 1.29 is 18.7 Å². The number of halogens is 4. The van der Waals surface area contributed by atoms with Crippen molar-refractivity contribution in [2.75, 3.05) is 0 Å². The number of carboxylic acid groups (broad SMARTS) is 1. The molecule has 0 amide bonds. The van der Waals surface area contributed by atoms with Crippen LogP contribution >= 0.6 is 23.2 Å². The minimum atomic E-state index is -3.93. The van der Waals surface area contributed by atoms with E-state index in [1.165, 1.54) is 18.3 Å². The van der Waals surface area contributed by atoms with Crippen molar-refractivity contribution in [3.05, 3.63) is 40.8 Å². The molecule has 2 rings (SSSR count). The Morgan fingerprint density at radius 1 is 1.47 bits per heavy atom. The fourth-order valence-electron chi connectivity index (χ4n) is 1.47. The molecule has 100 valence electrons. The van der Waals surface area contributed by atoms with Crippen LogP contribution in [0.5, 0.6) is 0 Å². The van der Waals surface area contributed by atoms with Crippen LogP contribution in [-0.2, 0) is 5.38 Å². The lowest BCUT2D eigenvalue weighted by molar-refractivity contribution is 0.0647. The zero-order chi connectivity index (χ0) is 14.2. The third kappa shape index (κ3) is 2.52. The molecule has 0 unspecified atom stereocenters. The maximum Gasteiger partial charge on any atom is 0.365 e. The van der Waals surface area contributed by atoms with E-state index in [1.807, 2.05) is 0 Å². The van der Waals surface area contributed by atoms with Crippen molar-refractivity contribution >= 4 is 29.2 Å². The van der Waals surface area contributed by atoms with Crippen LogP contribution in [0.2, 0.25) is 5.02 Å². The van der Waals surface area contributed by atoms with Crippen LogP contribution in [-0.4, -0.2) is 25.8 Å². The minimum Gasteiger partial charge on any atom is -0.478 e. The first-order chi connectivity index (χ1) is 8.82. The highest BCUT2D eigenvalue weighted by molar-refractivity contribution is 6.32. The molecule has 0 spiro atoms. The Hall–Kier alpha value is -1.73. The third-order valence-corrected chi connectivity index (χ3v) is 2.68. The van der Waals surface area contributed by atoms with Gasteiger partial charge in [-0.1, -0.05) is 11.6 Å². The Kier molecular flexibility index (Phi) is 3.42. The van der Waals surface area contributed by atoms with E-state index in [-0.39, 0.29) is 10.8 Å². The number of rotatable bonds is 3. The molecule has 0 saturated carbocycles. The summed E-state index contributed by atoms with van der Waals surface area (Å²) in [4.78, 5) is 14.7. The van der Waals surface area contributed by atoms with Gasteiger partial charge in [0.1, 0.15) is 11.3 Å². The molecule has 1 N–H and O–H groups in total. The van der Waals surface area contributed by atoms with E-state index in [0.717, 1.165) is 6.20 Å². The molecule has 2 aromatic rings. The van der Waals surface area contributed by atoms with Crippen LogP contribution in [0.25, 0.3) is 5.82 Å². The van der Waals surface area contributed by atoms with Gasteiger partial charge in [0.05, 0.1) is 11.2 Å². The average Bonchev–Trinajstić information content (AvgIpc) is 2.73. The van der Waals surface area contributed by atoms with Crippen molar-refractivity contribution in [1.29, 1.82) is 0 Å². The number of aromatic nitrogens is 3. The van der Waals surface area contributed by atoms with Crippen LogP contribution in [0.15, 0.2) is 24.5 Å². The summed E-state index contributed by atoms with van der Waals surface area (Å²) in [5.41, 5.74) is -1.72. The molecule has 0 saturated heterocycles. The Labute approximate surface area is 115 Å². The molecule has 2 heterocycles. The summed E-state index contributed by atoms with van der Waals surface area (Å²) in [6.45, 7) is 0.